The third-order valence-corrected chi connectivity index (χ3v) is 3.92. The number of hydrogen-bond acceptors (Lipinski definition) is 2. The lowest BCUT2D eigenvalue weighted by molar-refractivity contribution is 1.10. The Bertz CT molecular complexity index is 847. The molecular formula is C22H20N2. The van der Waals surface area contributed by atoms with E-state index >= 15 is 0 Å². The van der Waals surface area contributed by atoms with Gasteiger partial charge in [-0.1, -0.05) is 72.8 Å². The molecule has 0 saturated heterocycles. The van der Waals surface area contributed by atoms with Crippen LogP contribution in [0.2, 0.25) is 0 Å². The normalized spacial score (nSPS) is 10.7. The van der Waals surface area contributed by atoms with E-state index in [1.807, 2.05) is 25.2 Å². The molecule has 24 heavy (non-hydrogen) atoms. The van der Waals surface area contributed by atoms with E-state index in [9.17, 15) is 0 Å². The fraction of sp³-hybridized carbons (Fsp3) is 0.0455. The van der Waals surface area contributed by atoms with E-state index in [1.165, 1.54) is 11.1 Å². The van der Waals surface area contributed by atoms with Gasteiger partial charge in [0, 0.05) is 12.6 Å². The first-order valence-corrected chi connectivity index (χ1v) is 7.96. The van der Waals surface area contributed by atoms with Crippen molar-refractivity contribution < 1.29 is 0 Å². The second-order valence-corrected chi connectivity index (χ2v) is 5.56. The Kier molecular flexibility index (Phi) is 4.87. The fourth-order valence-corrected chi connectivity index (χ4v) is 2.61. The van der Waals surface area contributed by atoms with Crippen molar-refractivity contribution in [1.82, 2.24) is 5.32 Å². The second kappa shape index (κ2) is 7.42. The summed E-state index contributed by atoms with van der Waals surface area (Å²) < 4.78 is 0. The predicted molar refractivity (Wildman–Crippen MR) is 102 cm³/mol. The molecule has 0 aromatic heterocycles. The maximum absolute atomic E-state index is 8.11. The van der Waals surface area contributed by atoms with Crippen LogP contribution in [0, 0.1) is 5.41 Å². The number of benzene rings is 3. The molecule has 3 rings (SSSR count). The molecule has 0 fully saturated rings. The number of nitrogens with one attached hydrogen (secondary N) is 2. The molecule has 0 atom stereocenters. The molecule has 118 valence electrons. The van der Waals surface area contributed by atoms with Gasteiger partial charge in [0.25, 0.3) is 0 Å². The SMILES string of the molecule is CN/C=C\C(=N)c1cccc(-c2ccc(-c3ccccc3)cc2)c1. The zero-order valence-corrected chi connectivity index (χ0v) is 13.7. The van der Waals surface area contributed by atoms with Gasteiger partial charge in [-0.05, 0) is 40.6 Å². The number of rotatable bonds is 5. The van der Waals surface area contributed by atoms with E-state index in [0.717, 1.165) is 16.7 Å². The molecule has 0 radical (unpaired) electrons. The minimum absolute atomic E-state index is 0.493. The van der Waals surface area contributed by atoms with E-state index in [0.29, 0.717) is 5.71 Å². The molecule has 2 nitrogen and oxygen atoms in total. The zero-order valence-electron chi connectivity index (χ0n) is 13.7. The Morgan fingerprint density at radius 1 is 0.750 bits per heavy atom. The van der Waals surface area contributed by atoms with Crippen LogP contribution in [-0.2, 0) is 0 Å². The largest absolute Gasteiger partial charge is 0.394 e. The van der Waals surface area contributed by atoms with E-state index in [4.69, 9.17) is 5.41 Å². The number of allylic oxidation sites excluding steroid dienone is 1. The van der Waals surface area contributed by atoms with Crippen LogP contribution in [0.3, 0.4) is 0 Å². The minimum atomic E-state index is 0.493. The van der Waals surface area contributed by atoms with Crippen molar-refractivity contribution in [3.8, 4) is 22.3 Å². The van der Waals surface area contributed by atoms with Crippen molar-refractivity contribution >= 4 is 5.71 Å². The summed E-state index contributed by atoms with van der Waals surface area (Å²) in [6, 6.07) is 27.0. The Balaban J connectivity index is 1.87. The zero-order chi connectivity index (χ0) is 16.8. The molecular weight excluding hydrogens is 292 g/mol. The van der Waals surface area contributed by atoms with Gasteiger partial charge in [0.1, 0.15) is 0 Å². The molecule has 3 aromatic carbocycles. The molecule has 0 bridgehead atoms. The molecule has 0 saturated carbocycles. The summed E-state index contributed by atoms with van der Waals surface area (Å²) >= 11 is 0. The van der Waals surface area contributed by atoms with Crippen molar-refractivity contribution in [3.05, 3.63) is 96.7 Å². The highest BCUT2D eigenvalue weighted by molar-refractivity contribution is 6.07. The summed E-state index contributed by atoms with van der Waals surface area (Å²) in [5, 5.41) is 11.0. The topological polar surface area (TPSA) is 35.9 Å². The molecule has 0 aliphatic heterocycles. The van der Waals surface area contributed by atoms with Crippen LogP contribution < -0.4 is 5.32 Å². The maximum atomic E-state index is 8.11. The average molecular weight is 312 g/mol. The van der Waals surface area contributed by atoms with Gasteiger partial charge in [0.2, 0.25) is 0 Å². The second-order valence-electron chi connectivity index (χ2n) is 5.56. The summed E-state index contributed by atoms with van der Waals surface area (Å²) in [5.74, 6) is 0. The highest BCUT2D eigenvalue weighted by atomic mass is 14.8. The van der Waals surface area contributed by atoms with Gasteiger partial charge in [0.15, 0.2) is 0 Å². The Morgan fingerprint density at radius 2 is 1.33 bits per heavy atom. The van der Waals surface area contributed by atoms with Gasteiger partial charge >= 0.3 is 0 Å². The minimum Gasteiger partial charge on any atom is -0.394 e. The summed E-state index contributed by atoms with van der Waals surface area (Å²) in [6.45, 7) is 0. The highest BCUT2D eigenvalue weighted by Crippen LogP contribution is 2.25. The first kappa shape index (κ1) is 15.8. The van der Waals surface area contributed by atoms with Crippen molar-refractivity contribution in [1.29, 1.82) is 5.41 Å². The van der Waals surface area contributed by atoms with Crippen LogP contribution in [0.15, 0.2) is 91.1 Å². The van der Waals surface area contributed by atoms with Gasteiger partial charge < -0.3 is 10.7 Å². The van der Waals surface area contributed by atoms with Crippen LogP contribution in [0.1, 0.15) is 5.56 Å². The molecule has 0 aliphatic rings. The predicted octanol–water partition coefficient (Wildman–Crippen LogP) is 5.12. The van der Waals surface area contributed by atoms with Crippen LogP contribution >= 0.6 is 0 Å². The molecule has 2 N–H and O–H groups in total. The Hall–Kier alpha value is -3.13. The van der Waals surface area contributed by atoms with Gasteiger partial charge in [-0.25, -0.2) is 0 Å². The summed E-state index contributed by atoms with van der Waals surface area (Å²) in [4.78, 5) is 0. The smallest absolute Gasteiger partial charge is 0.0626 e. The maximum Gasteiger partial charge on any atom is 0.0626 e. The molecule has 0 aliphatic carbocycles. The molecule has 0 unspecified atom stereocenters. The number of hydrogen-bond donors (Lipinski definition) is 2. The highest BCUT2D eigenvalue weighted by Gasteiger charge is 2.03. The Labute approximate surface area is 143 Å². The van der Waals surface area contributed by atoms with Crippen LogP contribution in [0.4, 0.5) is 0 Å². The van der Waals surface area contributed by atoms with Gasteiger partial charge in [-0.3, -0.25) is 0 Å². The van der Waals surface area contributed by atoms with Gasteiger partial charge in [-0.15, -0.1) is 0 Å². The first-order chi connectivity index (χ1) is 11.8. The molecule has 2 heteroatoms. The van der Waals surface area contributed by atoms with E-state index in [1.54, 1.807) is 12.3 Å². The van der Waals surface area contributed by atoms with E-state index < -0.39 is 0 Å². The molecule has 0 spiro atoms. The quantitative estimate of drug-likeness (QED) is 0.630. The lowest BCUT2D eigenvalue weighted by Gasteiger charge is -2.07. The van der Waals surface area contributed by atoms with Crippen LogP contribution in [0.5, 0.6) is 0 Å². The van der Waals surface area contributed by atoms with Crippen molar-refractivity contribution in [3.63, 3.8) is 0 Å². The third-order valence-electron chi connectivity index (χ3n) is 3.92. The van der Waals surface area contributed by atoms with E-state index in [-0.39, 0.29) is 0 Å². The standard InChI is InChI=1S/C22H20N2/c1-24-15-14-22(23)21-9-5-8-20(16-21)19-12-10-18(11-13-19)17-6-3-2-4-7-17/h2-16,23-24H,1H3/b15-14-,23-22?. The first-order valence-electron chi connectivity index (χ1n) is 7.96. The lowest BCUT2D eigenvalue weighted by atomic mass is 9.98. The molecule has 0 amide bonds. The fourth-order valence-electron chi connectivity index (χ4n) is 2.61. The molecule has 0 heterocycles. The van der Waals surface area contributed by atoms with Gasteiger partial charge in [-0.2, -0.15) is 0 Å². The van der Waals surface area contributed by atoms with Crippen molar-refractivity contribution in [2.24, 2.45) is 0 Å². The van der Waals surface area contributed by atoms with Crippen molar-refractivity contribution in [2.45, 2.75) is 0 Å². The summed E-state index contributed by atoms with van der Waals surface area (Å²) in [7, 11) is 1.83. The van der Waals surface area contributed by atoms with Crippen LogP contribution in [-0.4, -0.2) is 12.8 Å². The van der Waals surface area contributed by atoms with Gasteiger partial charge in [0.05, 0.1) is 5.71 Å². The lowest BCUT2D eigenvalue weighted by Crippen LogP contribution is -1.98. The summed E-state index contributed by atoms with van der Waals surface area (Å²) in [5.41, 5.74) is 6.10. The third kappa shape index (κ3) is 3.61. The van der Waals surface area contributed by atoms with Crippen LogP contribution in [0.25, 0.3) is 22.3 Å². The van der Waals surface area contributed by atoms with Crippen molar-refractivity contribution in [2.75, 3.05) is 7.05 Å². The Morgan fingerprint density at radius 3 is 2.00 bits per heavy atom. The average Bonchev–Trinajstić information content (AvgIpc) is 2.67. The molecule has 3 aromatic rings. The summed E-state index contributed by atoms with van der Waals surface area (Å²) in [6.07, 6.45) is 3.53. The van der Waals surface area contributed by atoms with E-state index in [2.05, 4.69) is 66.0 Å². The monoisotopic (exact) mass is 312 g/mol.